The van der Waals surface area contributed by atoms with Gasteiger partial charge in [0.1, 0.15) is 0 Å². The Labute approximate surface area is 109 Å². The van der Waals surface area contributed by atoms with Gasteiger partial charge < -0.3 is 5.73 Å². The summed E-state index contributed by atoms with van der Waals surface area (Å²) >= 11 is 11.8. The second-order valence-corrected chi connectivity index (χ2v) is 6.58. The minimum atomic E-state index is -1.17. The van der Waals surface area contributed by atoms with Crippen LogP contribution < -0.4 is 5.73 Å². The van der Waals surface area contributed by atoms with Gasteiger partial charge >= 0.3 is 0 Å². The normalized spacial score (nSPS) is 16.8. The third kappa shape index (κ3) is 3.74. The van der Waals surface area contributed by atoms with Crippen LogP contribution in [-0.4, -0.2) is 15.5 Å². The van der Waals surface area contributed by atoms with Crippen LogP contribution in [-0.2, 0) is 10.8 Å². The summed E-state index contributed by atoms with van der Waals surface area (Å²) in [6.45, 7) is 3.80. The first-order valence-corrected chi connectivity index (χ1v) is 7.00. The second kappa shape index (κ2) is 6.01. The first kappa shape index (κ1) is 14.0. The summed E-state index contributed by atoms with van der Waals surface area (Å²) < 4.78 is 12.2. The summed E-state index contributed by atoms with van der Waals surface area (Å²) in [6, 6.07) is 5.02. The first-order chi connectivity index (χ1) is 7.41. The lowest BCUT2D eigenvalue weighted by atomic mass is 10.2. The molecule has 0 radical (unpaired) electrons. The Balaban J connectivity index is 2.91. The highest BCUT2D eigenvalue weighted by molar-refractivity contribution is 7.85. The van der Waals surface area contributed by atoms with E-state index in [1.807, 2.05) is 13.8 Å². The van der Waals surface area contributed by atoms with Crippen LogP contribution in [0.3, 0.4) is 0 Å². The molecule has 0 saturated carbocycles. The maximum absolute atomic E-state index is 12.2. The zero-order chi connectivity index (χ0) is 12.3. The number of rotatable bonds is 4. The van der Waals surface area contributed by atoms with Gasteiger partial charge in [0, 0.05) is 16.3 Å². The zero-order valence-electron chi connectivity index (χ0n) is 9.24. The molecule has 0 aromatic heterocycles. The lowest BCUT2D eigenvalue weighted by Gasteiger charge is -2.14. The Morgan fingerprint density at radius 1 is 1.38 bits per heavy atom. The molecule has 3 atom stereocenters. The van der Waals surface area contributed by atoms with Gasteiger partial charge in [-0.15, -0.1) is 0 Å². The second-order valence-electron chi connectivity index (χ2n) is 3.90. The van der Waals surface area contributed by atoms with Crippen molar-refractivity contribution in [3.05, 3.63) is 28.2 Å². The van der Waals surface area contributed by atoms with Crippen LogP contribution in [0.1, 0.15) is 20.3 Å². The van der Waals surface area contributed by atoms with E-state index >= 15 is 0 Å². The Morgan fingerprint density at radius 3 is 2.56 bits per heavy atom. The van der Waals surface area contributed by atoms with Crippen LogP contribution in [0.25, 0.3) is 0 Å². The van der Waals surface area contributed by atoms with Gasteiger partial charge in [0.25, 0.3) is 0 Å². The van der Waals surface area contributed by atoms with Gasteiger partial charge in [-0.2, -0.15) is 0 Å². The lowest BCUT2D eigenvalue weighted by Crippen LogP contribution is -2.24. The Hall–Kier alpha value is -0.0900. The van der Waals surface area contributed by atoms with Crippen molar-refractivity contribution in [1.82, 2.24) is 0 Å². The zero-order valence-corrected chi connectivity index (χ0v) is 11.6. The van der Waals surface area contributed by atoms with Crippen molar-refractivity contribution >= 4 is 34.0 Å². The minimum Gasteiger partial charge on any atom is -0.328 e. The summed E-state index contributed by atoms with van der Waals surface area (Å²) in [6.07, 6.45) is 0.690. The fourth-order valence-electron chi connectivity index (χ4n) is 1.46. The molecule has 0 aliphatic heterocycles. The highest BCUT2D eigenvalue weighted by Gasteiger charge is 2.17. The monoisotopic (exact) mass is 279 g/mol. The molecule has 0 amide bonds. The van der Waals surface area contributed by atoms with Crippen molar-refractivity contribution in [2.75, 3.05) is 0 Å². The molecule has 16 heavy (non-hydrogen) atoms. The topological polar surface area (TPSA) is 43.1 Å². The Morgan fingerprint density at radius 2 is 2.00 bits per heavy atom. The van der Waals surface area contributed by atoms with Crippen molar-refractivity contribution < 1.29 is 4.21 Å². The Bertz CT molecular complexity index is 396. The number of hydrogen-bond acceptors (Lipinski definition) is 2. The number of hydrogen-bond donors (Lipinski definition) is 1. The van der Waals surface area contributed by atoms with Crippen LogP contribution in [0, 0.1) is 0 Å². The maximum Gasteiger partial charge on any atom is 0.0591 e. The molecular formula is C11H15Cl2NOS. The van der Waals surface area contributed by atoms with E-state index in [1.165, 1.54) is 0 Å². The third-order valence-corrected chi connectivity index (χ3v) is 4.55. The fourth-order valence-corrected chi connectivity index (χ4v) is 3.46. The third-order valence-electron chi connectivity index (χ3n) is 2.18. The van der Waals surface area contributed by atoms with Gasteiger partial charge in [0.2, 0.25) is 0 Å². The van der Waals surface area contributed by atoms with E-state index in [1.54, 1.807) is 18.2 Å². The van der Waals surface area contributed by atoms with Crippen LogP contribution in [0.4, 0.5) is 0 Å². The number of benzene rings is 1. The van der Waals surface area contributed by atoms with E-state index in [2.05, 4.69) is 0 Å². The highest BCUT2D eigenvalue weighted by Crippen LogP contribution is 2.26. The van der Waals surface area contributed by atoms with Gasteiger partial charge in [-0.1, -0.05) is 30.1 Å². The molecule has 2 N–H and O–H groups in total. The molecule has 0 aliphatic carbocycles. The van der Waals surface area contributed by atoms with Crippen LogP contribution in [0.2, 0.25) is 10.0 Å². The molecule has 0 spiro atoms. The van der Waals surface area contributed by atoms with Gasteiger partial charge in [-0.25, -0.2) is 0 Å². The van der Waals surface area contributed by atoms with Crippen LogP contribution in [0.5, 0.6) is 0 Å². The first-order valence-electron chi connectivity index (χ1n) is 5.03. The summed E-state index contributed by atoms with van der Waals surface area (Å²) in [5, 5.41) is 0.996. The van der Waals surface area contributed by atoms with Crippen molar-refractivity contribution in [2.24, 2.45) is 5.73 Å². The quantitative estimate of drug-likeness (QED) is 0.920. The average molecular weight is 280 g/mol. The molecule has 0 heterocycles. The van der Waals surface area contributed by atoms with Gasteiger partial charge in [0.15, 0.2) is 0 Å². The van der Waals surface area contributed by atoms with Crippen molar-refractivity contribution in [1.29, 1.82) is 0 Å². The van der Waals surface area contributed by atoms with Crippen LogP contribution in [0.15, 0.2) is 23.1 Å². The molecule has 0 aliphatic rings. The smallest absolute Gasteiger partial charge is 0.0591 e. The molecule has 90 valence electrons. The minimum absolute atomic E-state index is 0.0249. The number of halogens is 2. The van der Waals surface area contributed by atoms with Crippen molar-refractivity contribution in [3.8, 4) is 0 Å². The van der Waals surface area contributed by atoms with Crippen molar-refractivity contribution in [2.45, 2.75) is 36.5 Å². The predicted molar refractivity (Wildman–Crippen MR) is 70.6 cm³/mol. The maximum atomic E-state index is 12.2. The van der Waals surface area contributed by atoms with E-state index in [4.69, 9.17) is 28.9 Å². The van der Waals surface area contributed by atoms with Crippen LogP contribution >= 0.6 is 23.2 Å². The molecule has 3 unspecified atom stereocenters. The van der Waals surface area contributed by atoms with E-state index in [0.717, 1.165) is 0 Å². The molecule has 2 nitrogen and oxygen atoms in total. The summed E-state index contributed by atoms with van der Waals surface area (Å²) in [4.78, 5) is 0.585. The van der Waals surface area contributed by atoms with E-state index < -0.39 is 10.8 Å². The average Bonchev–Trinajstić information content (AvgIpc) is 2.19. The SMILES string of the molecule is CC(N)CC(C)S(=O)c1cc(Cl)ccc1Cl. The fraction of sp³-hybridized carbons (Fsp3) is 0.455. The summed E-state index contributed by atoms with van der Waals surface area (Å²) in [5.74, 6) is 0. The van der Waals surface area contributed by atoms with E-state index in [0.29, 0.717) is 21.4 Å². The molecular weight excluding hydrogens is 265 g/mol. The molecule has 0 bridgehead atoms. The molecule has 0 fully saturated rings. The largest absolute Gasteiger partial charge is 0.328 e. The standard InChI is InChI=1S/C11H15Cl2NOS/c1-7(14)5-8(2)16(15)11-6-9(12)3-4-10(11)13/h3-4,6-8H,5,14H2,1-2H3. The Kier molecular flexibility index (Phi) is 5.25. The summed E-state index contributed by atoms with van der Waals surface area (Å²) in [5.41, 5.74) is 5.68. The lowest BCUT2D eigenvalue weighted by molar-refractivity contribution is 0.628. The molecule has 1 rings (SSSR count). The highest BCUT2D eigenvalue weighted by atomic mass is 35.5. The molecule has 5 heteroatoms. The van der Waals surface area contributed by atoms with Gasteiger partial charge in [-0.3, -0.25) is 4.21 Å². The van der Waals surface area contributed by atoms with Gasteiger partial charge in [0.05, 0.1) is 20.7 Å². The predicted octanol–water partition coefficient (Wildman–Crippen LogP) is 3.23. The molecule has 1 aromatic carbocycles. The van der Waals surface area contributed by atoms with E-state index in [9.17, 15) is 4.21 Å². The van der Waals surface area contributed by atoms with Crippen molar-refractivity contribution in [3.63, 3.8) is 0 Å². The number of nitrogens with two attached hydrogens (primary N) is 1. The summed E-state index contributed by atoms with van der Waals surface area (Å²) in [7, 11) is -1.17. The molecule has 1 aromatic rings. The molecule has 0 saturated heterocycles. The van der Waals surface area contributed by atoms with Gasteiger partial charge in [-0.05, 0) is 31.5 Å². The van der Waals surface area contributed by atoms with E-state index in [-0.39, 0.29) is 11.3 Å².